The summed E-state index contributed by atoms with van der Waals surface area (Å²) >= 11 is 0. The van der Waals surface area contributed by atoms with Gasteiger partial charge in [-0.05, 0) is 31.6 Å². The van der Waals surface area contributed by atoms with E-state index in [0.717, 1.165) is 45.2 Å². The molecule has 1 N–H and O–H groups in total. The molecule has 0 radical (unpaired) electrons. The van der Waals surface area contributed by atoms with Gasteiger partial charge in [0, 0.05) is 13.1 Å². The number of carbonyl (C=O) groups excluding carboxylic acids is 1. The quantitative estimate of drug-likeness (QED) is 0.855. The standard InChI is InChI=1S/C15H25NO3/c1-2-11-6-5-9-16(10-11)14(17)12-7-3-4-8-13(12)15(18)19/h11-13H,2-10H2,1H3,(H,18,19)/t11?,12-,13+/m1/s1. The highest BCUT2D eigenvalue weighted by atomic mass is 16.4. The van der Waals surface area contributed by atoms with E-state index >= 15 is 0 Å². The predicted octanol–water partition coefficient (Wildman–Crippen LogP) is 2.53. The van der Waals surface area contributed by atoms with E-state index in [0.29, 0.717) is 12.3 Å². The summed E-state index contributed by atoms with van der Waals surface area (Å²) in [6.07, 6.45) is 6.72. The van der Waals surface area contributed by atoms with Gasteiger partial charge in [-0.2, -0.15) is 0 Å². The maximum atomic E-state index is 12.6. The lowest BCUT2D eigenvalue weighted by Gasteiger charge is -2.37. The van der Waals surface area contributed by atoms with Crippen molar-refractivity contribution < 1.29 is 14.7 Å². The fourth-order valence-corrected chi connectivity index (χ4v) is 3.56. The van der Waals surface area contributed by atoms with Crippen LogP contribution in [0.15, 0.2) is 0 Å². The zero-order valence-corrected chi connectivity index (χ0v) is 11.8. The highest BCUT2D eigenvalue weighted by Gasteiger charge is 2.38. The number of nitrogens with zero attached hydrogens (tertiary/aromatic N) is 1. The lowest BCUT2D eigenvalue weighted by molar-refractivity contribution is -0.153. The number of amides is 1. The van der Waals surface area contributed by atoms with Gasteiger partial charge in [0.15, 0.2) is 0 Å². The Morgan fingerprint density at radius 2 is 1.79 bits per heavy atom. The monoisotopic (exact) mass is 267 g/mol. The fourth-order valence-electron chi connectivity index (χ4n) is 3.56. The Hall–Kier alpha value is -1.06. The summed E-state index contributed by atoms with van der Waals surface area (Å²) in [5.74, 6) is -0.818. The normalized spacial score (nSPS) is 32.1. The number of likely N-dealkylation sites (tertiary alicyclic amines) is 1. The molecule has 0 aromatic rings. The van der Waals surface area contributed by atoms with Crippen molar-refractivity contribution in [3.05, 3.63) is 0 Å². The van der Waals surface area contributed by atoms with Crippen molar-refractivity contribution in [1.29, 1.82) is 0 Å². The van der Waals surface area contributed by atoms with Crippen molar-refractivity contribution in [2.24, 2.45) is 17.8 Å². The van der Waals surface area contributed by atoms with Crippen molar-refractivity contribution in [3.8, 4) is 0 Å². The molecule has 0 aromatic carbocycles. The molecule has 0 bridgehead atoms. The molecule has 1 saturated carbocycles. The summed E-state index contributed by atoms with van der Waals surface area (Å²) in [4.78, 5) is 25.8. The van der Waals surface area contributed by atoms with E-state index in [2.05, 4.69) is 6.92 Å². The second kappa shape index (κ2) is 6.40. The van der Waals surface area contributed by atoms with Crippen molar-refractivity contribution >= 4 is 11.9 Å². The van der Waals surface area contributed by atoms with Crippen molar-refractivity contribution in [3.63, 3.8) is 0 Å². The highest BCUT2D eigenvalue weighted by molar-refractivity contribution is 5.85. The Morgan fingerprint density at radius 3 is 2.42 bits per heavy atom. The second-order valence-electron chi connectivity index (χ2n) is 6.04. The molecule has 0 spiro atoms. The van der Waals surface area contributed by atoms with E-state index < -0.39 is 11.9 Å². The van der Waals surface area contributed by atoms with Crippen LogP contribution in [0.2, 0.25) is 0 Å². The Kier molecular flexibility index (Phi) is 4.83. The molecule has 19 heavy (non-hydrogen) atoms. The fraction of sp³-hybridized carbons (Fsp3) is 0.867. The molecule has 2 rings (SSSR count). The summed E-state index contributed by atoms with van der Waals surface area (Å²) in [5.41, 5.74) is 0. The molecule has 3 atom stereocenters. The Morgan fingerprint density at radius 1 is 1.11 bits per heavy atom. The van der Waals surface area contributed by atoms with Gasteiger partial charge in [0.05, 0.1) is 11.8 Å². The number of piperidine rings is 1. The third kappa shape index (κ3) is 3.28. The maximum absolute atomic E-state index is 12.6. The predicted molar refractivity (Wildman–Crippen MR) is 72.7 cm³/mol. The van der Waals surface area contributed by atoms with Gasteiger partial charge in [0.1, 0.15) is 0 Å². The lowest BCUT2D eigenvalue weighted by atomic mass is 9.78. The minimum absolute atomic E-state index is 0.102. The van der Waals surface area contributed by atoms with Crippen LogP contribution in [0.5, 0.6) is 0 Å². The first-order chi connectivity index (χ1) is 9.13. The average Bonchev–Trinajstić information content (AvgIpc) is 2.46. The van der Waals surface area contributed by atoms with Gasteiger partial charge in [0.2, 0.25) is 5.91 Å². The number of hydrogen-bond donors (Lipinski definition) is 1. The molecule has 2 aliphatic rings. The van der Waals surface area contributed by atoms with Gasteiger partial charge in [-0.15, -0.1) is 0 Å². The van der Waals surface area contributed by atoms with Crippen LogP contribution in [0.25, 0.3) is 0 Å². The van der Waals surface area contributed by atoms with Crippen LogP contribution in [-0.4, -0.2) is 35.0 Å². The molecule has 1 aliphatic heterocycles. The second-order valence-corrected chi connectivity index (χ2v) is 6.04. The van der Waals surface area contributed by atoms with E-state index in [1.54, 1.807) is 0 Å². The smallest absolute Gasteiger partial charge is 0.307 e. The minimum Gasteiger partial charge on any atom is -0.481 e. The first-order valence-corrected chi connectivity index (χ1v) is 7.65. The highest BCUT2D eigenvalue weighted by Crippen LogP contribution is 2.33. The first kappa shape index (κ1) is 14.4. The minimum atomic E-state index is -0.790. The van der Waals surface area contributed by atoms with Crippen molar-refractivity contribution in [1.82, 2.24) is 4.90 Å². The van der Waals surface area contributed by atoms with Crippen LogP contribution in [0.4, 0.5) is 0 Å². The third-order valence-electron chi connectivity index (χ3n) is 4.81. The average molecular weight is 267 g/mol. The zero-order chi connectivity index (χ0) is 13.8. The largest absolute Gasteiger partial charge is 0.481 e. The van der Waals surface area contributed by atoms with E-state index in [-0.39, 0.29) is 11.8 Å². The van der Waals surface area contributed by atoms with Crippen molar-refractivity contribution in [2.45, 2.75) is 51.9 Å². The van der Waals surface area contributed by atoms with Gasteiger partial charge in [-0.3, -0.25) is 9.59 Å². The summed E-state index contributed by atoms with van der Waals surface area (Å²) in [7, 11) is 0. The number of carbonyl (C=O) groups is 2. The zero-order valence-electron chi connectivity index (χ0n) is 11.8. The van der Waals surface area contributed by atoms with Gasteiger partial charge >= 0.3 is 5.97 Å². The van der Waals surface area contributed by atoms with Crippen LogP contribution in [0, 0.1) is 17.8 Å². The topological polar surface area (TPSA) is 57.6 Å². The number of aliphatic carboxylic acids is 1. The van der Waals surface area contributed by atoms with E-state index in [4.69, 9.17) is 0 Å². The molecule has 1 unspecified atom stereocenters. The summed E-state index contributed by atoms with van der Waals surface area (Å²) in [5, 5.41) is 9.28. The maximum Gasteiger partial charge on any atom is 0.307 e. The van der Waals surface area contributed by atoms with Crippen molar-refractivity contribution in [2.75, 3.05) is 13.1 Å². The first-order valence-electron chi connectivity index (χ1n) is 7.65. The lowest BCUT2D eigenvalue weighted by Crippen LogP contribution is -2.46. The molecule has 2 fully saturated rings. The summed E-state index contributed by atoms with van der Waals surface area (Å²) in [6.45, 7) is 3.82. The van der Waals surface area contributed by atoms with E-state index in [1.165, 1.54) is 6.42 Å². The summed E-state index contributed by atoms with van der Waals surface area (Å²) in [6, 6.07) is 0. The summed E-state index contributed by atoms with van der Waals surface area (Å²) < 4.78 is 0. The van der Waals surface area contributed by atoms with Gasteiger partial charge in [-0.25, -0.2) is 0 Å². The van der Waals surface area contributed by atoms with Crippen LogP contribution in [0.3, 0.4) is 0 Å². The molecule has 1 amide bonds. The number of carboxylic acid groups (broad SMARTS) is 1. The molecule has 4 heteroatoms. The number of carboxylic acids is 1. The van der Waals surface area contributed by atoms with Crippen LogP contribution >= 0.6 is 0 Å². The molecule has 108 valence electrons. The van der Waals surface area contributed by atoms with Crippen LogP contribution in [0.1, 0.15) is 51.9 Å². The SMILES string of the molecule is CCC1CCCN(C(=O)[C@@H]2CCCC[C@@H]2C(=O)O)C1. The van der Waals surface area contributed by atoms with Gasteiger partial charge in [0.25, 0.3) is 0 Å². The van der Waals surface area contributed by atoms with E-state index in [1.807, 2.05) is 4.90 Å². The molecule has 1 aliphatic carbocycles. The van der Waals surface area contributed by atoms with E-state index in [9.17, 15) is 14.7 Å². The molecule has 1 heterocycles. The van der Waals surface area contributed by atoms with Gasteiger partial charge in [-0.1, -0.05) is 26.2 Å². The number of rotatable bonds is 3. The number of hydrogen-bond acceptors (Lipinski definition) is 2. The Bertz CT molecular complexity index is 342. The van der Waals surface area contributed by atoms with Gasteiger partial charge < -0.3 is 10.0 Å². The van der Waals surface area contributed by atoms with Crippen LogP contribution < -0.4 is 0 Å². The molecule has 0 aromatic heterocycles. The molecular formula is C15H25NO3. The Labute approximate surface area is 115 Å². The molecule has 4 nitrogen and oxygen atoms in total. The molecular weight excluding hydrogens is 242 g/mol. The third-order valence-corrected chi connectivity index (χ3v) is 4.81. The molecule has 1 saturated heterocycles. The Balaban J connectivity index is 2.02. The van der Waals surface area contributed by atoms with Crippen LogP contribution in [-0.2, 0) is 9.59 Å².